The Morgan fingerprint density at radius 1 is 1.12 bits per heavy atom. The smallest absolute Gasteiger partial charge is 0.138 e. The molecule has 0 radical (unpaired) electrons. The monoisotopic (exact) mass is 229 g/mol. The van der Waals surface area contributed by atoms with Gasteiger partial charge in [-0.1, -0.05) is 24.3 Å². The first kappa shape index (κ1) is 11.3. The molecule has 0 saturated heterocycles. The van der Waals surface area contributed by atoms with E-state index in [1.165, 1.54) is 0 Å². The van der Waals surface area contributed by atoms with Gasteiger partial charge in [0, 0.05) is 0 Å². The minimum Gasteiger partial charge on any atom is -0.506 e. The Balaban J connectivity index is 2.22. The summed E-state index contributed by atoms with van der Waals surface area (Å²) in [5.74, 6) is 0.966. The SMILES string of the molecule is COc1ccc(Cc2cccc(O)c2N)cc1. The third-order valence-electron chi connectivity index (χ3n) is 2.73. The summed E-state index contributed by atoms with van der Waals surface area (Å²) in [4.78, 5) is 0. The molecule has 17 heavy (non-hydrogen) atoms. The number of nitrogens with two attached hydrogens (primary N) is 1. The van der Waals surface area contributed by atoms with Crippen molar-refractivity contribution >= 4 is 5.69 Å². The summed E-state index contributed by atoms with van der Waals surface area (Å²) in [5, 5.41) is 9.52. The number of para-hydroxylation sites is 1. The van der Waals surface area contributed by atoms with Gasteiger partial charge in [0.2, 0.25) is 0 Å². The molecular weight excluding hydrogens is 214 g/mol. The van der Waals surface area contributed by atoms with Gasteiger partial charge in [-0.15, -0.1) is 0 Å². The highest BCUT2D eigenvalue weighted by atomic mass is 16.5. The van der Waals surface area contributed by atoms with E-state index in [2.05, 4.69) is 0 Å². The average Bonchev–Trinajstić information content (AvgIpc) is 2.36. The van der Waals surface area contributed by atoms with E-state index in [-0.39, 0.29) is 5.75 Å². The normalized spacial score (nSPS) is 10.2. The van der Waals surface area contributed by atoms with Crippen LogP contribution >= 0.6 is 0 Å². The zero-order valence-corrected chi connectivity index (χ0v) is 9.68. The van der Waals surface area contributed by atoms with Gasteiger partial charge in [-0.05, 0) is 35.7 Å². The van der Waals surface area contributed by atoms with E-state index in [4.69, 9.17) is 10.5 Å². The fourth-order valence-corrected chi connectivity index (χ4v) is 1.72. The molecule has 0 saturated carbocycles. The van der Waals surface area contributed by atoms with Gasteiger partial charge >= 0.3 is 0 Å². The van der Waals surface area contributed by atoms with Crippen LogP contribution in [0.3, 0.4) is 0 Å². The zero-order chi connectivity index (χ0) is 12.3. The largest absolute Gasteiger partial charge is 0.506 e. The minimum absolute atomic E-state index is 0.135. The third kappa shape index (κ3) is 2.50. The maximum Gasteiger partial charge on any atom is 0.138 e. The predicted molar refractivity (Wildman–Crippen MR) is 68.3 cm³/mol. The van der Waals surface area contributed by atoms with E-state index in [1.807, 2.05) is 30.3 Å². The van der Waals surface area contributed by atoms with Gasteiger partial charge in [-0.3, -0.25) is 0 Å². The van der Waals surface area contributed by atoms with E-state index in [0.29, 0.717) is 12.1 Å². The number of rotatable bonds is 3. The highest BCUT2D eigenvalue weighted by molar-refractivity contribution is 5.58. The molecule has 3 nitrogen and oxygen atoms in total. The molecule has 0 fully saturated rings. The maximum absolute atomic E-state index is 9.52. The number of phenols is 1. The molecule has 0 spiro atoms. The summed E-state index contributed by atoms with van der Waals surface area (Å²) in [6.07, 6.45) is 0.699. The molecule has 88 valence electrons. The molecule has 2 aromatic rings. The van der Waals surface area contributed by atoms with Gasteiger partial charge in [0.15, 0.2) is 0 Å². The Bertz CT molecular complexity index is 506. The van der Waals surface area contributed by atoms with Gasteiger partial charge in [-0.2, -0.15) is 0 Å². The Kier molecular flexibility index (Phi) is 3.19. The van der Waals surface area contributed by atoms with Gasteiger partial charge in [0.05, 0.1) is 12.8 Å². The molecule has 0 unspecified atom stereocenters. The Morgan fingerprint density at radius 2 is 1.82 bits per heavy atom. The third-order valence-corrected chi connectivity index (χ3v) is 2.73. The van der Waals surface area contributed by atoms with E-state index >= 15 is 0 Å². The number of hydrogen-bond donors (Lipinski definition) is 2. The standard InChI is InChI=1S/C14H15NO2/c1-17-12-7-5-10(6-8-12)9-11-3-2-4-13(16)14(11)15/h2-8,16H,9,15H2,1H3. The Morgan fingerprint density at radius 3 is 2.47 bits per heavy atom. The fourth-order valence-electron chi connectivity index (χ4n) is 1.72. The number of aromatic hydroxyl groups is 1. The number of nitrogen functional groups attached to an aromatic ring is 1. The highest BCUT2D eigenvalue weighted by Gasteiger charge is 2.04. The number of ether oxygens (including phenoxy) is 1. The van der Waals surface area contributed by atoms with Crippen LogP contribution in [0.2, 0.25) is 0 Å². The van der Waals surface area contributed by atoms with Crippen LogP contribution in [0.5, 0.6) is 11.5 Å². The quantitative estimate of drug-likeness (QED) is 0.628. The van der Waals surface area contributed by atoms with Gasteiger partial charge < -0.3 is 15.6 Å². The van der Waals surface area contributed by atoms with Gasteiger partial charge in [0.1, 0.15) is 11.5 Å². The van der Waals surface area contributed by atoms with Crippen molar-refractivity contribution in [1.29, 1.82) is 0 Å². The molecule has 0 aliphatic carbocycles. The predicted octanol–water partition coefficient (Wildman–Crippen LogP) is 2.57. The molecule has 0 heterocycles. The molecule has 0 atom stereocenters. The van der Waals surface area contributed by atoms with Crippen molar-refractivity contribution in [2.75, 3.05) is 12.8 Å². The molecular formula is C14H15NO2. The topological polar surface area (TPSA) is 55.5 Å². The second-order valence-electron chi connectivity index (χ2n) is 3.87. The molecule has 3 heteroatoms. The van der Waals surface area contributed by atoms with E-state index in [1.54, 1.807) is 19.2 Å². The lowest BCUT2D eigenvalue weighted by Crippen LogP contribution is -1.96. The molecule has 0 aliphatic heterocycles. The molecule has 0 aromatic heterocycles. The van der Waals surface area contributed by atoms with Crippen molar-refractivity contribution < 1.29 is 9.84 Å². The number of methoxy groups -OCH3 is 1. The molecule has 3 N–H and O–H groups in total. The van der Waals surface area contributed by atoms with Gasteiger partial charge in [0.25, 0.3) is 0 Å². The highest BCUT2D eigenvalue weighted by Crippen LogP contribution is 2.26. The van der Waals surface area contributed by atoms with E-state index < -0.39 is 0 Å². The summed E-state index contributed by atoms with van der Waals surface area (Å²) < 4.78 is 5.10. The second-order valence-corrected chi connectivity index (χ2v) is 3.87. The summed E-state index contributed by atoms with van der Waals surface area (Å²) in [6.45, 7) is 0. The summed E-state index contributed by atoms with van der Waals surface area (Å²) >= 11 is 0. The van der Waals surface area contributed by atoms with Crippen molar-refractivity contribution in [3.63, 3.8) is 0 Å². The first-order valence-electron chi connectivity index (χ1n) is 5.40. The van der Waals surface area contributed by atoms with Gasteiger partial charge in [-0.25, -0.2) is 0 Å². The Labute approximate surface area is 100 Å². The lowest BCUT2D eigenvalue weighted by Gasteiger charge is -2.08. The van der Waals surface area contributed by atoms with Crippen molar-refractivity contribution in [1.82, 2.24) is 0 Å². The summed E-state index contributed by atoms with van der Waals surface area (Å²) in [6, 6.07) is 13.1. The summed E-state index contributed by atoms with van der Waals surface area (Å²) in [5.41, 5.74) is 8.31. The lowest BCUT2D eigenvalue weighted by molar-refractivity contribution is 0.414. The van der Waals surface area contributed by atoms with Crippen LogP contribution in [0.15, 0.2) is 42.5 Å². The second kappa shape index (κ2) is 4.78. The lowest BCUT2D eigenvalue weighted by atomic mass is 10.0. The first-order chi connectivity index (χ1) is 8.20. The van der Waals surface area contributed by atoms with Crippen molar-refractivity contribution in [3.05, 3.63) is 53.6 Å². The number of hydrogen-bond acceptors (Lipinski definition) is 3. The van der Waals surface area contributed by atoms with E-state index in [9.17, 15) is 5.11 Å². The number of phenolic OH excluding ortho intramolecular Hbond substituents is 1. The van der Waals surface area contributed by atoms with Crippen LogP contribution < -0.4 is 10.5 Å². The molecule has 0 amide bonds. The van der Waals surface area contributed by atoms with Crippen LogP contribution in [-0.2, 0) is 6.42 Å². The van der Waals surface area contributed by atoms with Crippen LogP contribution in [0.1, 0.15) is 11.1 Å². The van der Waals surface area contributed by atoms with Crippen molar-refractivity contribution in [3.8, 4) is 11.5 Å². The first-order valence-corrected chi connectivity index (χ1v) is 5.40. The van der Waals surface area contributed by atoms with Crippen LogP contribution in [0, 0.1) is 0 Å². The van der Waals surface area contributed by atoms with E-state index in [0.717, 1.165) is 16.9 Å². The number of anilines is 1. The maximum atomic E-state index is 9.52. The van der Waals surface area contributed by atoms with Crippen LogP contribution in [0.4, 0.5) is 5.69 Å². The molecule has 2 rings (SSSR count). The minimum atomic E-state index is 0.135. The van der Waals surface area contributed by atoms with Crippen LogP contribution in [-0.4, -0.2) is 12.2 Å². The van der Waals surface area contributed by atoms with Crippen molar-refractivity contribution in [2.45, 2.75) is 6.42 Å². The average molecular weight is 229 g/mol. The van der Waals surface area contributed by atoms with Crippen LogP contribution in [0.25, 0.3) is 0 Å². The Hall–Kier alpha value is -2.16. The molecule has 2 aromatic carbocycles. The fraction of sp³-hybridized carbons (Fsp3) is 0.143. The zero-order valence-electron chi connectivity index (χ0n) is 9.68. The van der Waals surface area contributed by atoms with Crippen molar-refractivity contribution in [2.24, 2.45) is 0 Å². The molecule has 0 aliphatic rings. The molecule has 0 bridgehead atoms. The summed E-state index contributed by atoms with van der Waals surface area (Å²) in [7, 11) is 1.64. The number of benzene rings is 2.